The third-order valence-electron chi connectivity index (χ3n) is 2.82. The Hall–Kier alpha value is -0.340. The Morgan fingerprint density at radius 1 is 1.24 bits per heavy atom. The first-order valence-electron chi connectivity index (χ1n) is 6.92. The van der Waals surface area contributed by atoms with Crippen LogP contribution in [0.15, 0.2) is 12.2 Å². The molecule has 0 spiro atoms. The van der Waals surface area contributed by atoms with E-state index in [2.05, 4.69) is 26.0 Å². The minimum Gasteiger partial charge on any atom is -0.393 e. The van der Waals surface area contributed by atoms with E-state index in [9.17, 15) is 10.2 Å². The first kappa shape index (κ1) is 16.7. The molecule has 0 aliphatic heterocycles. The van der Waals surface area contributed by atoms with Crippen molar-refractivity contribution in [2.24, 2.45) is 5.92 Å². The molecule has 0 aromatic heterocycles. The zero-order valence-electron chi connectivity index (χ0n) is 11.9. The van der Waals surface area contributed by atoms with E-state index < -0.39 is 11.7 Å². The van der Waals surface area contributed by atoms with E-state index in [-0.39, 0.29) is 0 Å². The standard InChI is InChI=1S/C15H30O2/c1-5-6-7-8-9-10-13(2)11-14(16)12-15(3,4)17/h9-10,13-14,16-17H,5-8,11-12H2,1-4H3. The molecule has 0 aliphatic carbocycles. The van der Waals surface area contributed by atoms with Crippen molar-refractivity contribution in [2.45, 2.75) is 77.9 Å². The van der Waals surface area contributed by atoms with Gasteiger partial charge in [0.05, 0.1) is 11.7 Å². The van der Waals surface area contributed by atoms with Crippen molar-refractivity contribution in [3.8, 4) is 0 Å². The second-order valence-corrected chi connectivity index (χ2v) is 5.81. The molecular formula is C15H30O2. The van der Waals surface area contributed by atoms with Crippen LogP contribution in [0.25, 0.3) is 0 Å². The minimum absolute atomic E-state index is 0.383. The summed E-state index contributed by atoms with van der Waals surface area (Å²) in [5.41, 5.74) is -0.774. The van der Waals surface area contributed by atoms with Gasteiger partial charge in [0.1, 0.15) is 0 Å². The molecular weight excluding hydrogens is 212 g/mol. The van der Waals surface area contributed by atoms with E-state index in [1.165, 1.54) is 19.3 Å². The number of hydrogen-bond acceptors (Lipinski definition) is 2. The summed E-state index contributed by atoms with van der Waals surface area (Å²) in [4.78, 5) is 0. The van der Waals surface area contributed by atoms with Crippen LogP contribution in [0.4, 0.5) is 0 Å². The van der Waals surface area contributed by atoms with Gasteiger partial charge in [-0.2, -0.15) is 0 Å². The Morgan fingerprint density at radius 3 is 2.41 bits per heavy atom. The summed E-state index contributed by atoms with van der Waals surface area (Å²) >= 11 is 0. The molecule has 2 atom stereocenters. The number of allylic oxidation sites excluding steroid dienone is 2. The molecule has 0 saturated heterocycles. The zero-order chi connectivity index (χ0) is 13.3. The van der Waals surface area contributed by atoms with E-state index in [1.807, 2.05) is 0 Å². The van der Waals surface area contributed by atoms with Crippen molar-refractivity contribution in [2.75, 3.05) is 0 Å². The lowest BCUT2D eigenvalue weighted by Gasteiger charge is -2.22. The minimum atomic E-state index is -0.774. The first-order valence-corrected chi connectivity index (χ1v) is 6.92. The van der Waals surface area contributed by atoms with Gasteiger partial charge in [0.15, 0.2) is 0 Å². The number of rotatable bonds is 9. The second kappa shape index (κ2) is 8.71. The fourth-order valence-corrected chi connectivity index (χ4v) is 2.01. The fourth-order valence-electron chi connectivity index (χ4n) is 2.01. The van der Waals surface area contributed by atoms with Crippen LogP contribution in [0.3, 0.4) is 0 Å². The topological polar surface area (TPSA) is 40.5 Å². The summed E-state index contributed by atoms with van der Waals surface area (Å²) in [5, 5.41) is 19.4. The van der Waals surface area contributed by atoms with Gasteiger partial charge < -0.3 is 10.2 Å². The van der Waals surface area contributed by atoms with Gasteiger partial charge >= 0.3 is 0 Å². The van der Waals surface area contributed by atoms with Crippen LogP contribution in [-0.4, -0.2) is 21.9 Å². The van der Waals surface area contributed by atoms with Gasteiger partial charge in [0.25, 0.3) is 0 Å². The van der Waals surface area contributed by atoms with Crippen molar-refractivity contribution < 1.29 is 10.2 Å². The predicted octanol–water partition coefficient (Wildman–Crippen LogP) is 3.67. The summed E-state index contributed by atoms with van der Waals surface area (Å²) < 4.78 is 0. The summed E-state index contributed by atoms with van der Waals surface area (Å²) in [6, 6.07) is 0. The first-order chi connectivity index (χ1) is 7.85. The maximum atomic E-state index is 9.80. The van der Waals surface area contributed by atoms with Gasteiger partial charge in [-0.1, -0.05) is 38.8 Å². The van der Waals surface area contributed by atoms with Crippen LogP contribution in [0.1, 0.15) is 66.2 Å². The van der Waals surface area contributed by atoms with Crippen LogP contribution in [-0.2, 0) is 0 Å². The molecule has 2 heteroatoms. The number of aliphatic hydroxyl groups excluding tert-OH is 1. The zero-order valence-corrected chi connectivity index (χ0v) is 11.9. The van der Waals surface area contributed by atoms with Crippen LogP contribution < -0.4 is 0 Å². The molecule has 2 nitrogen and oxygen atoms in total. The Labute approximate surface area is 107 Å². The lowest BCUT2D eigenvalue weighted by molar-refractivity contribution is 0.0129. The molecule has 2 N–H and O–H groups in total. The molecule has 0 aromatic carbocycles. The maximum absolute atomic E-state index is 9.80. The molecule has 0 amide bonds. The quantitative estimate of drug-likeness (QED) is 0.478. The molecule has 102 valence electrons. The average Bonchev–Trinajstić information content (AvgIpc) is 2.14. The monoisotopic (exact) mass is 242 g/mol. The number of aliphatic hydroxyl groups is 2. The van der Waals surface area contributed by atoms with E-state index in [0.717, 1.165) is 12.8 Å². The highest BCUT2D eigenvalue weighted by molar-refractivity contribution is 4.88. The van der Waals surface area contributed by atoms with Gasteiger partial charge in [0, 0.05) is 6.42 Å². The van der Waals surface area contributed by atoms with Gasteiger partial charge in [-0.05, 0) is 39.0 Å². The number of unbranched alkanes of at least 4 members (excludes halogenated alkanes) is 3. The third-order valence-corrected chi connectivity index (χ3v) is 2.82. The summed E-state index contributed by atoms with van der Waals surface area (Å²) in [6.07, 6.45) is 10.1. The van der Waals surface area contributed by atoms with Gasteiger partial charge in [-0.15, -0.1) is 0 Å². The van der Waals surface area contributed by atoms with Gasteiger partial charge in [-0.25, -0.2) is 0 Å². The molecule has 0 heterocycles. The fraction of sp³-hybridized carbons (Fsp3) is 0.867. The molecule has 17 heavy (non-hydrogen) atoms. The highest BCUT2D eigenvalue weighted by atomic mass is 16.3. The highest BCUT2D eigenvalue weighted by Crippen LogP contribution is 2.17. The largest absolute Gasteiger partial charge is 0.393 e. The predicted molar refractivity (Wildman–Crippen MR) is 74.0 cm³/mol. The molecule has 0 rings (SSSR count). The highest BCUT2D eigenvalue weighted by Gasteiger charge is 2.19. The second-order valence-electron chi connectivity index (χ2n) is 5.81. The smallest absolute Gasteiger partial charge is 0.0616 e. The normalized spacial score (nSPS) is 16.4. The Morgan fingerprint density at radius 2 is 1.88 bits per heavy atom. The SMILES string of the molecule is CCCCCC=CC(C)CC(O)CC(C)(C)O. The lowest BCUT2D eigenvalue weighted by atomic mass is 9.94. The van der Waals surface area contributed by atoms with Crippen LogP contribution >= 0.6 is 0 Å². The van der Waals surface area contributed by atoms with Crippen LogP contribution in [0.5, 0.6) is 0 Å². The summed E-state index contributed by atoms with van der Waals surface area (Å²) in [6.45, 7) is 7.80. The van der Waals surface area contributed by atoms with E-state index in [1.54, 1.807) is 13.8 Å². The van der Waals surface area contributed by atoms with Crippen molar-refractivity contribution >= 4 is 0 Å². The van der Waals surface area contributed by atoms with Gasteiger partial charge in [0.2, 0.25) is 0 Å². The van der Waals surface area contributed by atoms with Crippen molar-refractivity contribution in [1.82, 2.24) is 0 Å². The van der Waals surface area contributed by atoms with E-state index in [4.69, 9.17) is 0 Å². The molecule has 0 aliphatic rings. The molecule has 0 fully saturated rings. The van der Waals surface area contributed by atoms with Crippen LogP contribution in [0.2, 0.25) is 0 Å². The summed E-state index contributed by atoms with van der Waals surface area (Å²) in [5.74, 6) is 0.383. The van der Waals surface area contributed by atoms with Crippen molar-refractivity contribution in [1.29, 1.82) is 0 Å². The average molecular weight is 242 g/mol. The van der Waals surface area contributed by atoms with E-state index in [0.29, 0.717) is 12.3 Å². The maximum Gasteiger partial charge on any atom is 0.0616 e. The Bertz CT molecular complexity index is 203. The number of hydrogen-bond donors (Lipinski definition) is 2. The van der Waals surface area contributed by atoms with Crippen LogP contribution in [0, 0.1) is 5.92 Å². The molecule has 2 unspecified atom stereocenters. The van der Waals surface area contributed by atoms with Crippen molar-refractivity contribution in [3.05, 3.63) is 12.2 Å². The van der Waals surface area contributed by atoms with Gasteiger partial charge in [-0.3, -0.25) is 0 Å². The molecule has 0 saturated carbocycles. The summed E-state index contributed by atoms with van der Waals surface area (Å²) in [7, 11) is 0. The van der Waals surface area contributed by atoms with E-state index >= 15 is 0 Å². The lowest BCUT2D eigenvalue weighted by Crippen LogP contribution is -2.27. The van der Waals surface area contributed by atoms with Crippen molar-refractivity contribution in [3.63, 3.8) is 0 Å². The Kier molecular flexibility index (Phi) is 8.53. The molecule has 0 radical (unpaired) electrons. The third kappa shape index (κ3) is 11.9. The molecule has 0 bridgehead atoms. The molecule has 0 aromatic rings. The Balaban J connectivity index is 3.73.